The Morgan fingerprint density at radius 3 is 2.96 bits per heavy atom. The highest BCUT2D eigenvalue weighted by Crippen LogP contribution is 2.35. The van der Waals surface area contributed by atoms with E-state index < -0.39 is 0 Å². The second-order valence-corrected chi connectivity index (χ2v) is 7.88. The van der Waals surface area contributed by atoms with Crippen LogP contribution >= 0.6 is 23.1 Å². The summed E-state index contributed by atoms with van der Waals surface area (Å²) in [6, 6.07) is 7.86. The number of rotatable bonds is 6. The fourth-order valence-corrected chi connectivity index (χ4v) is 4.13. The Morgan fingerprint density at radius 2 is 2.16 bits per heavy atom. The van der Waals surface area contributed by atoms with Gasteiger partial charge in [-0.1, -0.05) is 12.1 Å². The van der Waals surface area contributed by atoms with Crippen LogP contribution in [0.15, 0.2) is 34.5 Å². The fraction of sp³-hybridized carbons (Fsp3) is 0.353. The van der Waals surface area contributed by atoms with Crippen LogP contribution in [0.1, 0.15) is 15.5 Å². The Labute approximate surface area is 155 Å². The van der Waals surface area contributed by atoms with Crippen molar-refractivity contribution in [2.24, 2.45) is 0 Å². The number of carbonyl (C=O) groups excluding carboxylic acids is 2. The van der Waals surface area contributed by atoms with E-state index in [2.05, 4.69) is 10.3 Å². The lowest BCUT2D eigenvalue weighted by molar-refractivity contribution is -0.116. The Bertz CT molecular complexity index is 776. The molecule has 1 aromatic heterocycles. The lowest BCUT2D eigenvalue weighted by Crippen LogP contribution is -2.34. The molecule has 2 amide bonds. The number of nitrogens with one attached hydrogen (secondary N) is 1. The molecule has 1 aliphatic heterocycles. The van der Waals surface area contributed by atoms with Gasteiger partial charge in [0.2, 0.25) is 5.91 Å². The number of para-hydroxylation sites is 1. The maximum atomic E-state index is 12.3. The first kappa shape index (κ1) is 17.9. The van der Waals surface area contributed by atoms with Crippen LogP contribution in [0.2, 0.25) is 0 Å². The lowest BCUT2D eigenvalue weighted by atomic mass is 10.2. The van der Waals surface area contributed by atoms with E-state index in [0.29, 0.717) is 24.5 Å². The van der Waals surface area contributed by atoms with Gasteiger partial charge in [-0.25, -0.2) is 4.98 Å². The number of likely N-dealkylation sites (N-methyl/N-ethyl adjacent to an activating group) is 1. The maximum Gasteiger partial charge on any atom is 0.270 e. The topological polar surface area (TPSA) is 65.5 Å². The number of anilines is 1. The minimum Gasteiger partial charge on any atom is -0.349 e. The number of carbonyl (C=O) groups is 2. The number of nitrogens with zero attached hydrogens (tertiary/aromatic N) is 3. The first-order valence-electron chi connectivity index (χ1n) is 7.94. The van der Waals surface area contributed by atoms with Crippen molar-refractivity contribution in [3.63, 3.8) is 0 Å². The summed E-state index contributed by atoms with van der Waals surface area (Å²) in [4.78, 5) is 33.7. The van der Waals surface area contributed by atoms with Crippen LogP contribution in [0.25, 0.3) is 0 Å². The number of hydrogen-bond acceptors (Lipinski definition) is 6. The summed E-state index contributed by atoms with van der Waals surface area (Å²) in [5, 5.41) is 5.35. The Morgan fingerprint density at radius 1 is 1.36 bits per heavy atom. The average molecular weight is 377 g/mol. The van der Waals surface area contributed by atoms with Gasteiger partial charge in [0.05, 0.1) is 18.0 Å². The first-order chi connectivity index (χ1) is 12.0. The predicted molar refractivity (Wildman–Crippen MR) is 101 cm³/mol. The molecule has 0 saturated heterocycles. The van der Waals surface area contributed by atoms with Crippen molar-refractivity contribution in [2.75, 3.05) is 37.8 Å². The summed E-state index contributed by atoms with van der Waals surface area (Å²) in [7, 11) is 3.91. The van der Waals surface area contributed by atoms with Gasteiger partial charge in [0.1, 0.15) is 10.7 Å². The van der Waals surface area contributed by atoms with Crippen LogP contribution in [-0.2, 0) is 11.3 Å². The molecule has 8 heteroatoms. The Balaban J connectivity index is 1.67. The highest BCUT2D eigenvalue weighted by molar-refractivity contribution is 8.00. The van der Waals surface area contributed by atoms with E-state index in [0.717, 1.165) is 22.1 Å². The molecular formula is C17H20N4O2S2. The summed E-state index contributed by atoms with van der Waals surface area (Å²) in [6.45, 7) is 1.75. The quantitative estimate of drug-likeness (QED) is 0.836. The molecule has 0 unspecified atom stereocenters. The summed E-state index contributed by atoms with van der Waals surface area (Å²) >= 11 is 2.96. The van der Waals surface area contributed by atoms with Crippen molar-refractivity contribution >= 4 is 40.6 Å². The molecule has 1 aliphatic rings. The Hall–Kier alpha value is -1.90. The molecule has 6 nitrogen and oxygen atoms in total. The van der Waals surface area contributed by atoms with Crippen LogP contribution in [-0.4, -0.2) is 54.6 Å². The first-order valence-corrected chi connectivity index (χ1v) is 9.80. The molecule has 0 radical (unpaired) electrons. The van der Waals surface area contributed by atoms with Gasteiger partial charge in [0, 0.05) is 23.4 Å². The largest absolute Gasteiger partial charge is 0.349 e. The molecular weight excluding hydrogens is 356 g/mol. The number of amides is 2. The zero-order valence-electron chi connectivity index (χ0n) is 14.2. The van der Waals surface area contributed by atoms with Crippen molar-refractivity contribution in [1.29, 1.82) is 0 Å². The zero-order chi connectivity index (χ0) is 17.8. The molecule has 1 N–H and O–H groups in total. The molecule has 2 aromatic rings. The Kier molecular flexibility index (Phi) is 5.72. The van der Waals surface area contributed by atoms with Crippen molar-refractivity contribution in [3.05, 3.63) is 40.3 Å². The van der Waals surface area contributed by atoms with E-state index in [1.54, 1.807) is 22.0 Å². The molecule has 0 bridgehead atoms. The van der Waals surface area contributed by atoms with E-state index >= 15 is 0 Å². The minimum atomic E-state index is -0.176. The number of thioether (sulfide) groups is 1. The molecule has 25 heavy (non-hydrogen) atoms. The van der Waals surface area contributed by atoms with Crippen molar-refractivity contribution < 1.29 is 9.59 Å². The number of hydrogen-bond donors (Lipinski definition) is 1. The third-order valence-electron chi connectivity index (χ3n) is 3.73. The van der Waals surface area contributed by atoms with E-state index in [-0.39, 0.29) is 11.8 Å². The van der Waals surface area contributed by atoms with Gasteiger partial charge >= 0.3 is 0 Å². The van der Waals surface area contributed by atoms with E-state index in [1.165, 1.54) is 11.3 Å². The molecule has 2 heterocycles. The lowest BCUT2D eigenvalue weighted by Gasteiger charge is -2.28. The summed E-state index contributed by atoms with van der Waals surface area (Å²) in [6.07, 6.45) is 0. The van der Waals surface area contributed by atoms with E-state index in [4.69, 9.17) is 0 Å². The van der Waals surface area contributed by atoms with Crippen molar-refractivity contribution in [1.82, 2.24) is 15.2 Å². The minimum absolute atomic E-state index is 0.0656. The molecule has 0 saturated carbocycles. The van der Waals surface area contributed by atoms with Gasteiger partial charge in [0.15, 0.2) is 0 Å². The van der Waals surface area contributed by atoms with Crippen LogP contribution in [0.3, 0.4) is 0 Å². The molecule has 132 valence electrons. The van der Waals surface area contributed by atoms with Gasteiger partial charge < -0.3 is 15.1 Å². The fourth-order valence-electron chi connectivity index (χ4n) is 2.43. The second-order valence-electron chi connectivity index (χ2n) is 5.92. The smallest absolute Gasteiger partial charge is 0.270 e. The number of aromatic nitrogens is 1. The molecule has 1 aromatic carbocycles. The van der Waals surface area contributed by atoms with E-state index in [9.17, 15) is 9.59 Å². The van der Waals surface area contributed by atoms with Gasteiger partial charge in [-0.05, 0) is 26.2 Å². The van der Waals surface area contributed by atoms with Gasteiger partial charge in [-0.2, -0.15) is 0 Å². The van der Waals surface area contributed by atoms with E-state index in [1.807, 2.05) is 43.3 Å². The number of thiazole rings is 1. The maximum absolute atomic E-state index is 12.3. The molecule has 0 aliphatic carbocycles. The van der Waals surface area contributed by atoms with Gasteiger partial charge in [-0.3, -0.25) is 9.59 Å². The monoisotopic (exact) mass is 376 g/mol. The second kappa shape index (κ2) is 7.99. The molecule has 0 fully saturated rings. The standard InChI is InChI=1S/C17H20N4O2S2/c1-20(2)8-7-18-17(23)12-10-25-15(19-12)9-21-13-5-3-4-6-14(13)24-11-16(21)22/h3-6,10H,7-9,11H2,1-2H3,(H,18,23). The predicted octanol–water partition coefficient (Wildman–Crippen LogP) is 2.07. The molecule has 3 rings (SSSR count). The zero-order valence-corrected chi connectivity index (χ0v) is 15.8. The molecule has 0 atom stereocenters. The van der Waals surface area contributed by atoms with Crippen LogP contribution in [0, 0.1) is 0 Å². The third-order valence-corrected chi connectivity index (χ3v) is 5.61. The highest BCUT2D eigenvalue weighted by atomic mass is 32.2. The van der Waals surface area contributed by atoms with Crippen LogP contribution < -0.4 is 10.2 Å². The SMILES string of the molecule is CN(C)CCNC(=O)c1csc(CN2C(=O)CSc3ccccc32)n1. The van der Waals surface area contributed by atoms with Crippen LogP contribution in [0.4, 0.5) is 5.69 Å². The summed E-state index contributed by atoms with van der Waals surface area (Å²) < 4.78 is 0. The van der Waals surface area contributed by atoms with Gasteiger partial charge in [-0.15, -0.1) is 23.1 Å². The third kappa shape index (κ3) is 4.39. The number of benzene rings is 1. The van der Waals surface area contributed by atoms with Crippen molar-refractivity contribution in [2.45, 2.75) is 11.4 Å². The van der Waals surface area contributed by atoms with Crippen molar-refractivity contribution in [3.8, 4) is 0 Å². The normalized spacial score (nSPS) is 13.9. The summed E-state index contributed by atoms with van der Waals surface area (Å²) in [5.41, 5.74) is 1.32. The average Bonchev–Trinajstić information content (AvgIpc) is 3.06. The van der Waals surface area contributed by atoms with Crippen LogP contribution in [0.5, 0.6) is 0 Å². The number of fused-ring (bicyclic) bond motifs is 1. The molecule has 0 spiro atoms. The summed E-state index contributed by atoms with van der Waals surface area (Å²) in [5.74, 6) is 0.321. The van der Waals surface area contributed by atoms with Gasteiger partial charge in [0.25, 0.3) is 5.91 Å². The highest BCUT2D eigenvalue weighted by Gasteiger charge is 2.25.